The van der Waals surface area contributed by atoms with Crippen LogP contribution in [0.25, 0.3) is 0 Å². The number of hydrogen-bond donors (Lipinski definition) is 1. The Morgan fingerprint density at radius 2 is 1.69 bits per heavy atom. The number of nitrogens with one attached hydrogen (secondary N) is 1. The number of sulfonamides is 1. The number of likely N-dealkylation sites (N-methyl/N-ethyl adjacent to an activating group) is 1. The van der Waals surface area contributed by atoms with Crippen LogP contribution in [0.3, 0.4) is 0 Å². The summed E-state index contributed by atoms with van der Waals surface area (Å²) in [5, 5.41) is 14.0. The van der Waals surface area contributed by atoms with Gasteiger partial charge in [-0.25, -0.2) is 12.8 Å². The minimum absolute atomic E-state index is 0.0859. The molecule has 3 aromatic carbocycles. The molecule has 0 aliphatic carbocycles. The molecule has 0 unspecified atom stereocenters. The Hall–Kier alpha value is -4.32. The van der Waals surface area contributed by atoms with Crippen molar-refractivity contribution in [3.8, 4) is 0 Å². The van der Waals surface area contributed by atoms with Crippen LogP contribution in [0.15, 0.2) is 78.9 Å². The number of rotatable bonds is 12. The summed E-state index contributed by atoms with van der Waals surface area (Å²) in [5.74, 6) is -1.88. The maximum absolute atomic E-state index is 14.7. The second-order valence-electron chi connectivity index (χ2n) is 8.76. The smallest absolute Gasteiger partial charge is 0.271 e. The van der Waals surface area contributed by atoms with Gasteiger partial charge in [-0.2, -0.15) is 0 Å². The molecular weight excluding hydrogens is 527 g/mol. The maximum Gasteiger partial charge on any atom is 0.271 e. The molecule has 0 fully saturated rings. The number of hydrogen-bond acceptors (Lipinski definition) is 6. The van der Waals surface area contributed by atoms with Crippen molar-refractivity contribution in [1.29, 1.82) is 0 Å². The quantitative estimate of drug-likeness (QED) is 0.269. The third-order valence-corrected chi connectivity index (χ3v) is 7.07. The average Bonchev–Trinajstić information content (AvgIpc) is 2.90. The first-order valence-corrected chi connectivity index (χ1v) is 13.9. The lowest BCUT2D eigenvalue weighted by Gasteiger charge is -2.33. The molecule has 0 spiro atoms. The van der Waals surface area contributed by atoms with E-state index in [-0.39, 0.29) is 36.4 Å². The Morgan fingerprint density at radius 1 is 1.03 bits per heavy atom. The number of anilines is 1. The highest BCUT2D eigenvalue weighted by molar-refractivity contribution is 7.92. The number of halogens is 1. The lowest BCUT2D eigenvalue weighted by Crippen LogP contribution is -2.53. The van der Waals surface area contributed by atoms with Crippen LogP contribution in [-0.2, 0) is 32.6 Å². The van der Waals surface area contributed by atoms with Crippen LogP contribution >= 0.6 is 0 Å². The number of carbonyl (C=O) groups excluding carboxylic acids is 2. The van der Waals surface area contributed by atoms with E-state index in [1.165, 1.54) is 36.4 Å². The van der Waals surface area contributed by atoms with Crippen molar-refractivity contribution in [3.05, 3.63) is 106 Å². The van der Waals surface area contributed by atoms with E-state index in [0.717, 1.165) is 27.1 Å². The van der Waals surface area contributed by atoms with Crippen molar-refractivity contribution in [2.45, 2.75) is 25.9 Å². The number of nitro benzene ring substituents is 1. The molecule has 12 heteroatoms. The summed E-state index contributed by atoms with van der Waals surface area (Å²) in [6.07, 6.45) is 0.952. The third kappa shape index (κ3) is 7.84. The number of nitrogens with zero attached hydrogens (tertiary/aromatic N) is 3. The van der Waals surface area contributed by atoms with E-state index >= 15 is 0 Å². The van der Waals surface area contributed by atoms with Crippen LogP contribution in [0.2, 0.25) is 0 Å². The number of benzene rings is 3. The second kappa shape index (κ2) is 13.0. The highest BCUT2D eigenvalue weighted by atomic mass is 32.2. The molecule has 0 heterocycles. The number of amides is 2. The zero-order valence-corrected chi connectivity index (χ0v) is 22.3. The van der Waals surface area contributed by atoms with Crippen LogP contribution in [-0.4, -0.2) is 55.4 Å². The van der Waals surface area contributed by atoms with E-state index in [1.807, 2.05) is 0 Å². The highest BCUT2D eigenvalue weighted by Gasteiger charge is 2.33. The molecule has 0 saturated heterocycles. The largest absolute Gasteiger partial charge is 0.355 e. The Kier molecular flexibility index (Phi) is 9.72. The van der Waals surface area contributed by atoms with Crippen molar-refractivity contribution >= 4 is 33.2 Å². The molecule has 0 radical (unpaired) electrons. The van der Waals surface area contributed by atoms with E-state index in [9.17, 15) is 32.5 Å². The predicted octanol–water partition coefficient (Wildman–Crippen LogP) is 3.28. The zero-order valence-electron chi connectivity index (χ0n) is 21.5. The summed E-state index contributed by atoms with van der Waals surface area (Å²) < 4.78 is 40.9. The third-order valence-electron chi connectivity index (χ3n) is 5.93. The molecule has 0 aliphatic heterocycles. The monoisotopic (exact) mass is 556 g/mol. The molecule has 10 nitrogen and oxygen atoms in total. The molecule has 0 aliphatic rings. The average molecular weight is 557 g/mol. The van der Waals surface area contributed by atoms with Gasteiger partial charge in [0.1, 0.15) is 18.4 Å². The molecule has 39 heavy (non-hydrogen) atoms. The van der Waals surface area contributed by atoms with Gasteiger partial charge in [0, 0.05) is 37.2 Å². The number of carbonyl (C=O) groups is 2. The van der Waals surface area contributed by atoms with Crippen molar-refractivity contribution < 1.29 is 27.3 Å². The van der Waals surface area contributed by atoms with Crippen LogP contribution in [0.1, 0.15) is 18.1 Å². The van der Waals surface area contributed by atoms with Gasteiger partial charge in [0.2, 0.25) is 21.8 Å². The second-order valence-corrected chi connectivity index (χ2v) is 10.7. The van der Waals surface area contributed by atoms with Gasteiger partial charge in [0.05, 0.1) is 16.9 Å². The summed E-state index contributed by atoms with van der Waals surface area (Å²) in [7, 11) is -4.10. The lowest BCUT2D eigenvalue weighted by molar-refractivity contribution is -0.384. The number of non-ortho nitro benzene ring substituents is 1. The van der Waals surface area contributed by atoms with Gasteiger partial charge in [-0.05, 0) is 24.6 Å². The fraction of sp³-hybridized carbons (Fsp3) is 0.259. The first kappa shape index (κ1) is 29.2. The normalized spacial score (nSPS) is 11.9. The standard InChI is InChI=1S/C27H29FN4O6S/c1-3-29-27(34)25(16-20-10-5-4-6-11-20)30(18-21-12-7-8-15-24(21)28)26(33)19-31(39(2,37)38)22-13-9-14-23(17-22)32(35)36/h4-15,17,25H,3,16,18-19H2,1-2H3,(H,29,34)/t25-/m1/s1. The minimum atomic E-state index is -4.10. The van der Waals surface area contributed by atoms with Crippen molar-refractivity contribution in [3.63, 3.8) is 0 Å². The van der Waals surface area contributed by atoms with E-state index in [0.29, 0.717) is 0 Å². The molecule has 206 valence electrons. The van der Waals surface area contributed by atoms with Crippen LogP contribution in [0, 0.1) is 15.9 Å². The molecule has 1 N–H and O–H groups in total. The Bertz CT molecular complexity index is 1430. The molecular formula is C27H29FN4O6S. The minimum Gasteiger partial charge on any atom is -0.355 e. The molecule has 0 saturated carbocycles. The molecule has 1 atom stereocenters. The fourth-order valence-corrected chi connectivity index (χ4v) is 4.87. The first-order valence-electron chi connectivity index (χ1n) is 12.1. The van der Waals surface area contributed by atoms with Crippen molar-refractivity contribution in [1.82, 2.24) is 10.2 Å². The first-order chi connectivity index (χ1) is 18.5. The molecule has 0 aromatic heterocycles. The van der Waals surface area contributed by atoms with Crippen LogP contribution in [0.4, 0.5) is 15.8 Å². The van der Waals surface area contributed by atoms with Crippen LogP contribution < -0.4 is 9.62 Å². The van der Waals surface area contributed by atoms with Crippen molar-refractivity contribution in [2.24, 2.45) is 0 Å². The molecule has 3 rings (SSSR count). The van der Waals surface area contributed by atoms with Gasteiger partial charge in [-0.15, -0.1) is 0 Å². The van der Waals surface area contributed by atoms with Gasteiger partial charge in [0.15, 0.2) is 0 Å². The Morgan fingerprint density at radius 3 is 2.31 bits per heavy atom. The predicted molar refractivity (Wildman–Crippen MR) is 145 cm³/mol. The molecule has 2 amide bonds. The van der Waals surface area contributed by atoms with E-state index in [1.54, 1.807) is 43.3 Å². The molecule has 0 bridgehead atoms. The lowest BCUT2D eigenvalue weighted by atomic mass is 10.0. The van der Waals surface area contributed by atoms with Gasteiger partial charge in [-0.1, -0.05) is 54.6 Å². The Labute approximate surface area is 226 Å². The summed E-state index contributed by atoms with van der Waals surface area (Å²) >= 11 is 0. The summed E-state index contributed by atoms with van der Waals surface area (Å²) in [4.78, 5) is 38.8. The van der Waals surface area contributed by atoms with Gasteiger partial charge >= 0.3 is 0 Å². The molecule has 3 aromatic rings. The van der Waals surface area contributed by atoms with Crippen molar-refractivity contribution in [2.75, 3.05) is 23.7 Å². The van der Waals surface area contributed by atoms with Gasteiger partial charge in [0.25, 0.3) is 5.69 Å². The zero-order chi connectivity index (χ0) is 28.6. The van der Waals surface area contributed by atoms with E-state index in [4.69, 9.17) is 0 Å². The fourth-order valence-electron chi connectivity index (χ4n) is 4.03. The van der Waals surface area contributed by atoms with Crippen LogP contribution in [0.5, 0.6) is 0 Å². The van der Waals surface area contributed by atoms with Gasteiger partial charge < -0.3 is 10.2 Å². The topological polar surface area (TPSA) is 130 Å². The number of nitro groups is 1. The SMILES string of the molecule is CCNC(=O)[C@@H](Cc1ccccc1)N(Cc1ccccc1F)C(=O)CN(c1cccc([N+](=O)[O-])c1)S(C)(=O)=O. The summed E-state index contributed by atoms with van der Waals surface area (Å²) in [5.41, 5.74) is 0.415. The Balaban J connectivity index is 2.07. The summed E-state index contributed by atoms with van der Waals surface area (Å²) in [6.45, 7) is 0.912. The van der Waals surface area contributed by atoms with E-state index in [2.05, 4.69) is 5.32 Å². The highest BCUT2D eigenvalue weighted by Crippen LogP contribution is 2.24. The van der Waals surface area contributed by atoms with Gasteiger partial charge in [-0.3, -0.25) is 24.0 Å². The van der Waals surface area contributed by atoms with E-state index < -0.39 is 45.2 Å². The maximum atomic E-state index is 14.7. The summed E-state index contributed by atoms with van der Waals surface area (Å²) in [6, 6.07) is 18.5.